The number of rotatable bonds is 7. The van der Waals surface area contributed by atoms with Gasteiger partial charge < -0.3 is 24.4 Å². The highest BCUT2D eigenvalue weighted by molar-refractivity contribution is 6.19. The molecular weight excluding hydrogens is 520 g/mol. The Morgan fingerprint density at radius 1 is 1.12 bits per heavy atom. The molecule has 0 radical (unpaired) electrons. The molecule has 7 nitrogen and oxygen atoms in total. The lowest BCUT2D eigenvalue weighted by Crippen LogP contribution is -2.77. The van der Waals surface area contributed by atoms with Crippen LogP contribution in [0, 0.1) is 5.92 Å². The van der Waals surface area contributed by atoms with Crippen molar-refractivity contribution in [1.29, 1.82) is 0 Å². The van der Waals surface area contributed by atoms with E-state index in [1.807, 2.05) is 67.5 Å². The molecule has 7 heteroatoms. The van der Waals surface area contributed by atoms with Crippen LogP contribution in [0.1, 0.15) is 89.7 Å². The number of fused-ring (bicyclic) bond motifs is 1. The summed E-state index contributed by atoms with van der Waals surface area (Å²) in [5.41, 5.74) is -3.30. The Bertz CT molecular complexity index is 1480. The van der Waals surface area contributed by atoms with Crippen molar-refractivity contribution in [2.24, 2.45) is 5.92 Å². The summed E-state index contributed by atoms with van der Waals surface area (Å²) < 4.78 is 19.7. The largest absolute Gasteiger partial charge is 0.507 e. The zero-order valence-corrected chi connectivity index (χ0v) is 25.7. The third-order valence-electron chi connectivity index (χ3n) is 9.67. The lowest BCUT2D eigenvalue weighted by atomic mass is 9.49. The summed E-state index contributed by atoms with van der Waals surface area (Å²) in [4.78, 5) is 29.2. The maximum absolute atomic E-state index is 14.7. The highest BCUT2D eigenvalue weighted by Crippen LogP contribution is 2.70. The normalized spacial score (nSPS) is 30.7. The molecule has 41 heavy (non-hydrogen) atoms. The van der Waals surface area contributed by atoms with E-state index in [9.17, 15) is 19.8 Å². The first-order chi connectivity index (χ1) is 19.0. The Morgan fingerprint density at radius 2 is 1.76 bits per heavy atom. The monoisotopic (exact) mass is 562 g/mol. The Balaban J connectivity index is 1.92. The van der Waals surface area contributed by atoms with Crippen LogP contribution in [0.2, 0.25) is 0 Å². The summed E-state index contributed by atoms with van der Waals surface area (Å²) in [6.45, 7) is 19.1. The van der Waals surface area contributed by atoms with Crippen molar-refractivity contribution >= 4 is 11.6 Å². The van der Waals surface area contributed by atoms with Gasteiger partial charge in [0.25, 0.3) is 0 Å². The zero-order chi connectivity index (χ0) is 30.5. The van der Waals surface area contributed by atoms with Crippen LogP contribution in [0.4, 0.5) is 0 Å². The van der Waals surface area contributed by atoms with Crippen LogP contribution in [0.25, 0.3) is 0 Å². The van der Waals surface area contributed by atoms with E-state index in [4.69, 9.17) is 14.2 Å². The first-order valence-electron chi connectivity index (χ1n) is 14.2. The van der Waals surface area contributed by atoms with Crippen LogP contribution in [-0.2, 0) is 26.1 Å². The molecule has 4 atom stereocenters. The highest BCUT2D eigenvalue weighted by atomic mass is 16.6. The van der Waals surface area contributed by atoms with Gasteiger partial charge in [0.2, 0.25) is 5.78 Å². The van der Waals surface area contributed by atoms with Gasteiger partial charge in [-0.05, 0) is 60.5 Å². The maximum atomic E-state index is 14.7. The van der Waals surface area contributed by atoms with Crippen molar-refractivity contribution in [2.75, 3.05) is 7.11 Å². The fourth-order valence-electron chi connectivity index (χ4n) is 7.47. The molecule has 0 aromatic heterocycles. The zero-order valence-electron chi connectivity index (χ0n) is 25.7. The molecule has 1 saturated carbocycles. The van der Waals surface area contributed by atoms with Crippen molar-refractivity contribution in [1.82, 2.24) is 0 Å². The van der Waals surface area contributed by atoms with Crippen LogP contribution in [0.3, 0.4) is 0 Å². The van der Waals surface area contributed by atoms with E-state index in [1.54, 1.807) is 12.2 Å². The summed E-state index contributed by atoms with van der Waals surface area (Å²) in [6, 6.07) is 0. The van der Waals surface area contributed by atoms with Crippen molar-refractivity contribution in [3.63, 3.8) is 0 Å². The number of hydrogen-bond donors (Lipinski definition) is 2. The summed E-state index contributed by atoms with van der Waals surface area (Å²) in [5, 5.41) is 23.4. The van der Waals surface area contributed by atoms with Crippen LogP contribution >= 0.6 is 0 Å². The molecule has 4 bridgehead atoms. The molecule has 1 saturated heterocycles. The smallest absolute Gasteiger partial charge is 0.205 e. The van der Waals surface area contributed by atoms with Crippen LogP contribution in [0.15, 0.2) is 47.6 Å². The van der Waals surface area contributed by atoms with Crippen LogP contribution < -0.4 is 4.74 Å². The number of carbonyl (C=O) groups excluding carboxylic acids is 2. The third kappa shape index (κ3) is 3.58. The Kier molecular flexibility index (Phi) is 6.38. The molecule has 2 N–H and O–H groups in total. The predicted molar refractivity (Wildman–Crippen MR) is 157 cm³/mol. The molecular formula is C34H42O7. The Hall–Kier alpha value is -3.16. The minimum absolute atomic E-state index is 0.0254. The Morgan fingerprint density at radius 3 is 2.32 bits per heavy atom. The first-order valence-corrected chi connectivity index (χ1v) is 14.2. The second kappa shape index (κ2) is 8.92. The summed E-state index contributed by atoms with van der Waals surface area (Å²) in [5.74, 6) is -1.58. The molecule has 2 aliphatic heterocycles. The van der Waals surface area contributed by atoms with E-state index in [1.165, 1.54) is 7.11 Å². The lowest BCUT2D eigenvalue weighted by Gasteiger charge is -2.59. The second-order valence-electron chi connectivity index (χ2n) is 13.6. The fraction of sp³-hybridized carbons (Fsp3) is 0.529. The van der Waals surface area contributed by atoms with Gasteiger partial charge in [-0.2, -0.15) is 0 Å². The molecule has 3 aliphatic carbocycles. The van der Waals surface area contributed by atoms with Crippen LogP contribution in [-0.4, -0.2) is 51.3 Å². The molecule has 6 rings (SSSR count). The molecule has 2 heterocycles. The van der Waals surface area contributed by atoms with E-state index >= 15 is 0 Å². The predicted octanol–water partition coefficient (Wildman–Crippen LogP) is 6.20. The number of phenolic OH excluding ortho intramolecular Hbond substituents is 2. The fourth-order valence-corrected chi connectivity index (χ4v) is 7.47. The molecule has 5 aliphatic rings. The van der Waals surface area contributed by atoms with Gasteiger partial charge in [0.05, 0.1) is 5.60 Å². The van der Waals surface area contributed by atoms with E-state index in [-0.39, 0.29) is 59.0 Å². The van der Waals surface area contributed by atoms with Gasteiger partial charge in [-0.25, -0.2) is 0 Å². The van der Waals surface area contributed by atoms with Crippen molar-refractivity contribution in [3.8, 4) is 17.2 Å². The van der Waals surface area contributed by atoms with E-state index < -0.39 is 39.5 Å². The highest BCUT2D eigenvalue weighted by Gasteiger charge is 2.84. The average Bonchev–Trinajstić information content (AvgIpc) is 3.04. The number of methoxy groups -OCH3 is 1. The van der Waals surface area contributed by atoms with Gasteiger partial charge in [-0.3, -0.25) is 9.59 Å². The number of ketones is 2. The van der Waals surface area contributed by atoms with Gasteiger partial charge in [-0.1, -0.05) is 43.2 Å². The van der Waals surface area contributed by atoms with E-state index in [0.29, 0.717) is 5.56 Å². The van der Waals surface area contributed by atoms with Crippen LogP contribution in [0.5, 0.6) is 17.2 Å². The molecule has 1 aromatic rings. The van der Waals surface area contributed by atoms with Gasteiger partial charge in [0, 0.05) is 41.6 Å². The quantitative estimate of drug-likeness (QED) is 0.381. The lowest BCUT2D eigenvalue weighted by molar-refractivity contribution is -0.189. The summed E-state index contributed by atoms with van der Waals surface area (Å²) >= 11 is 0. The number of ether oxygens (including phenoxy) is 3. The number of phenols is 2. The maximum Gasteiger partial charge on any atom is 0.205 e. The average molecular weight is 563 g/mol. The van der Waals surface area contributed by atoms with Gasteiger partial charge in [0.15, 0.2) is 17.0 Å². The number of allylic oxidation sites excluding steroid dienone is 4. The number of aromatic hydroxyl groups is 2. The summed E-state index contributed by atoms with van der Waals surface area (Å²) in [6.07, 6.45) is 7.81. The number of Topliss-reactive ketones (excluding diaryl/α,β-unsaturated/α-hetero) is 2. The number of carbonyl (C=O) groups is 2. The molecule has 1 aromatic carbocycles. The SMILES string of the molecule is C=CC(C)(C)c1c(O)c(CC=C(C)C)c2c(c1O)C(=O)C1=CC3(OC)CC4C(C)(C)OC(CC=C(C)C)(C3=O)C14O2. The van der Waals surface area contributed by atoms with Gasteiger partial charge >= 0.3 is 0 Å². The molecule has 1 spiro atoms. The summed E-state index contributed by atoms with van der Waals surface area (Å²) in [7, 11) is 1.48. The topological polar surface area (TPSA) is 102 Å². The van der Waals surface area contributed by atoms with Crippen molar-refractivity contribution < 1.29 is 34.0 Å². The molecule has 0 amide bonds. The minimum atomic E-state index is -1.55. The molecule has 4 unspecified atom stereocenters. The standard InChI is InChI=1S/C34H42O7/c1-11-30(6,7)24-25(35)20(13-12-18(2)3)28-23(27(24)37)26(36)21-16-32(39-10)17-22-31(8,9)41-33(29(32)38,15-14-19(4)5)34(21,22)40-28/h11-12,14,16,22,35,37H,1,13,15,17H2,2-10H3. The number of hydrogen-bond acceptors (Lipinski definition) is 7. The van der Waals surface area contributed by atoms with E-state index in [0.717, 1.165) is 11.1 Å². The van der Waals surface area contributed by atoms with Gasteiger partial charge in [0.1, 0.15) is 28.4 Å². The van der Waals surface area contributed by atoms with Crippen molar-refractivity contribution in [2.45, 2.75) is 102 Å². The minimum Gasteiger partial charge on any atom is -0.507 e. The first kappa shape index (κ1) is 29.3. The Labute approximate surface area is 242 Å². The van der Waals surface area contributed by atoms with Gasteiger partial charge in [-0.15, -0.1) is 6.58 Å². The third-order valence-corrected chi connectivity index (χ3v) is 9.67. The second-order valence-corrected chi connectivity index (χ2v) is 13.6. The number of benzene rings is 1. The van der Waals surface area contributed by atoms with Crippen molar-refractivity contribution in [3.05, 3.63) is 64.3 Å². The van der Waals surface area contributed by atoms with E-state index in [2.05, 4.69) is 6.58 Å². The molecule has 220 valence electrons. The molecule has 2 fully saturated rings.